The van der Waals surface area contributed by atoms with E-state index in [4.69, 9.17) is 19.6 Å². The maximum absolute atomic E-state index is 13.3. The van der Waals surface area contributed by atoms with Crippen LogP contribution < -0.4 is 15.6 Å². The van der Waals surface area contributed by atoms with Gasteiger partial charge in [0.15, 0.2) is 0 Å². The summed E-state index contributed by atoms with van der Waals surface area (Å²) in [5, 5.41) is 19.3. The zero-order chi connectivity index (χ0) is 29.9. The summed E-state index contributed by atoms with van der Waals surface area (Å²) >= 11 is 0. The zero-order valence-electron chi connectivity index (χ0n) is 24.2. The molecule has 2 aromatic heterocycles. The summed E-state index contributed by atoms with van der Waals surface area (Å²) in [5.41, 5.74) is 1.82. The molecule has 1 saturated heterocycles. The molecule has 1 aliphatic heterocycles. The summed E-state index contributed by atoms with van der Waals surface area (Å²) in [5.74, 6) is 0.678. The average molecular weight is 595 g/mol. The smallest absolute Gasteiger partial charge is 0.274 e. The molecule has 0 radical (unpaired) electrons. The topological polar surface area (TPSA) is 107 Å². The number of ether oxygens (including phenoxy) is 2. The predicted molar refractivity (Wildman–Crippen MR) is 160 cm³/mol. The van der Waals surface area contributed by atoms with Gasteiger partial charge in [0, 0.05) is 32.2 Å². The van der Waals surface area contributed by atoms with E-state index in [1.807, 2.05) is 28.8 Å². The van der Waals surface area contributed by atoms with Crippen LogP contribution in [-0.4, -0.2) is 59.6 Å². The van der Waals surface area contributed by atoms with Crippen molar-refractivity contribution in [3.05, 3.63) is 63.8 Å². The van der Waals surface area contributed by atoms with Gasteiger partial charge in [0.05, 0.1) is 40.6 Å². The van der Waals surface area contributed by atoms with Crippen molar-refractivity contribution >= 4 is 29.9 Å². The number of hydrogen-bond donors (Lipinski definition) is 1. The molecule has 0 saturated carbocycles. The summed E-state index contributed by atoms with van der Waals surface area (Å²) in [6.07, 6.45) is -0.331. The van der Waals surface area contributed by atoms with Gasteiger partial charge in [0.1, 0.15) is 31.0 Å². The van der Waals surface area contributed by atoms with Gasteiger partial charge < -0.3 is 19.4 Å². The molecule has 1 atom stereocenters. The number of nitriles is 1. The summed E-state index contributed by atoms with van der Waals surface area (Å²) in [4.78, 5) is 18.2. The number of rotatable bonds is 12. The van der Waals surface area contributed by atoms with Gasteiger partial charge in [-0.1, -0.05) is 37.8 Å². The number of alkyl halides is 2. The Morgan fingerprint density at radius 2 is 2.00 bits per heavy atom. The van der Waals surface area contributed by atoms with E-state index in [0.29, 0.717) is 47.5 Å². The van der Waals surface area contributed by atoms with Gasteiger partial charge in [-0.25, -0.2) is 18.4 Å². The molecule has 0 amide bonds. The molecule has 0 bridgehead atoms. The van der Waals surface area contributed by atoms with Crippen molar-refractivity contribution in [3.63, 3.8) is 0 Å². The number of imidazole rings is 1. The first kappa shape index (κ1) is 29.8. The van der Waals surface area contributed by atoms with Crippen molar-refractivity contribution in [3.8, 4) is 11.8 Å². The first-order chi connectivity index (χ1) is 20.1. The summed E-state index contributed by atoms with van der Waals surface area (Å²) in [7, 11) is -1.32. The van der Waals surface area contributed by atoms with Crippen molar-refractivity contribution in [2.24, 2.45) is 0 Å². The molecule has 2 aromatic carbocycles. The van der Waals surface area contributed by atoms with Crippen LogP contribution >= 0.6 is 0 Å². The highest BCUT2D eigenvalue weighted by Gasteiger charge is 2.21. The first-order valence-corrected chi connectivity index (χ1v) is 18.0. The Balaban J connectivity index is 1.57. The molecule has 0 spiro atoms. The van der Waals surface area contributed by atoms with Crippen LogP contribution in [0.1, 0.15) is 29.9 Å². The van der Waals surface area contributed by atoms with Crippen LogP contribution in [0.2, 0.25) is 25.7 Å². The van der Waals surface area contributed by atoms with Gasteiger partial charge in [-0.3, -0.25) is 4.79 Å². The lowest BCUT2D eigenvalue weighted by Crippen LogP contribution is -2.34. The minimum Gasteiger partial charge on any atom is -0.486 e. The molecule has 0 aliphatic carbocycles. The molecule has 1 aliphatic rings. The van der Waals surface area contributed by atoms with Crippen LogP contribution in [0, 0.1) is 11.3 Å². The fourth-order valence-electron chi connectivity index (χ4n) is 5.21. The number of aromatic nitrogens is 4. The molecule has 9 nitrogen and oxygen atoms in total. The summed E-state index contributed by atoms with van der Waals surface area (Å²) in [6, 6.07) is 13.8. The van der Waals surface area contributed by atoms with Gasteiger partial charge in [-0.15, -0.1) is 0 Å². The molecular weight excluding hydrogens is 558 g/mol. The Bertz CT molecular complexity index is 1670. The Morgan fingerprint density at radius 1 is 1.21 bits per heavy atom. The number of halogens is 2. The fourth-order valence-corrected chi connectivity index (χ4v) is 5.96. The zero-order valence-corrected chi connectivity index (χ0v) is 25.2. The van der Waals surface area contributed by atoms with Crippen molar-refractivity contribution < 1.29 is 18.3 Å². The minimum absolute atomic E-state index is 0.0577. The Hall–Kier alpha value is -3.66. The standard InChI is InChI=1S/C30H36F2N6O3Si/c1-42(2,3)12-11-40-19-37-26-13-20(16-33)27(41-18-28(31)32)14-25(26)35-29(37)15-24-22-8-4-5-9-23(22)30(39)38(36-24)17-21-7-6-10-34-21/h4-5,8-9,13-14,21,28,34H,6-7,10-12,15,17-19H2,1-3H3. The van der Waals surface area contributed by atoms with E-state index >= 15 is 0 Å². The van der Waals surface area contributed by atoms with Crippen LogP contribution in [0.15, 0.2) is 41.2 Å². The third-order valence-electron chi connectivity index (χ3n) is 7.46. The van der Waals surface area contributed by atoms with Crippen LogP contribution in [-0.2, 0) is 24.4 Å². The molecule has 12 heteroatoms. The van der Waals surface area contributed by atoms with E-state index in [2.05, 4.69) is 31.0 Å². The maximum Gasteiger partial charge on any atom is 0.274 e. The third-order valence-corrected chi connectivity index (χ3v) is 9.16. The number of nitrogens with zero attached hydrogens (tertiary/aromatic N) is 5. The lowest BCUT2D eigenvalue weighted by atomic mass is 10.1. The molecule has 42 heavy (non-hydrogen) atoms. The number of benzene rings is 2. The molecule has 3 heterocycles. The molecule has 222 valence electrons. The highest BCUT2D eigenvalue weighted by atomic mass is 28.3. The second-order valence-electron chi connectivity index (χ2n) is 11.9. The van der Waals surface area contributed by atoms with Crippen LogP contribution in [0.4, 0.5) is 8.78 Å². The minimum atomic E-state index is -2.67. The molecular formula is C30H36F2N6O3Si. The third kappa shape index (κ3) is 6.86. The van der Waals surface area contributed by atoms with Gasteiger partial charge >= 0.3 is 0 Å². The van der Waals surface area contributed by atoms with Crippen molar-refractivity contribution in [1.29, 1.82) is 5.26 Å². The van der Waals surface area contributed by atoms with Crippen molar-refractivity contribution in [1.82, 2.24) is 24.6 Å². The number of fused-ring (bicyclic) bond motifs is 2. The Morgan fingerprint density at radius 3 is 2.69 bits per heavy atom. The van der Waals surface area contributed by atoms with Gasteiger partial charge in [-0.2, -0.15) is 10.4 Å². The SMILES string of the molecule is C[Si](C)(C)CCOCn1c(Cc2nn(CC3CCCN3)c(=O)c3ccccc23)nc2cc(OCC(F)F)c(C#N)cc21. The normalized spacial score (nSPS) is 15.6. The molecule has 1 unspecified atom stereocenters. The van der Waals surface area contributed by atoms with Crippen LogP contribution in [0.5, 0.6) is 5.75 Å². The number of hydrogen-bond acceptors (Lipinski definition) is 7. The van der Waals surface area contributed by atoms with E-state index in [1.54, 1.807) is 10.7 Å². The quantitative estimate of drug-likeness (QED) is 0.183. The van der Waals surface area contributed by atoms with Crippen molar-refractivity contribution in [2.75, 3.05) is 19.8 Å². The van der Waals surface area contributed by atoms with E-state index < -0.39 is 21.1 Å². The monoisotopic (exact) mass is 594 g/mol. The fraction of sp³-hybridized carbons (Fsp3) is 0.467. The summed E-state index contributed by atoms with van der Waals surface area (Å²) in [6.45, 7) is 8.20. The van der Waals surface area contributed by atoms with Crippen LogP contribution in [0.25, 0.3) is 21.8 Å². The van der Waals surface area contributed by atoms with E-state index in [0.717, 1.165) is 30.8 Å². The molecule has 4 aromatic rings. The van der Waals surface area contributed by atoms with Crippen LogP contribution in [0.3, 0.4) is 0 Å². The van der Waals surface area contributed by atoms with E-state index in [1.165, 1.54) is 6.07 Å². The Kier molecular flexibility index (Phi) is 9.01. The van der Waals surface area contributed by atoms with E-state index in [9.17, 15) is 18.8 Å². The predicted octanol–water partition coefficient (Wildman–Crippen LogP) is 4.92. The lowest BCUT2D eigenvalue weighted by Gasteiger charge is -2.17. The summed E-state index contributed by atoms with van der Waals surface area (Å²) < 4.78 is 40.5. The van der Waals surface area contributed by atoms with Gasteiger partial charge in [0.25, 0.3) is 12.0 Å². The molecule has 5 rings (SSSR count). The molecule has 1 N–H and O–H groups in total. The first-order valence-electron chi connectivity index (χ1n) is 14.3. The number of nitrogens with one attached hydrogen (secondary N) is 1. The molecule has 1 fully saturated rings. The Labute approximate surface area is 244 Å². The maximum atomic E-state index is 13.3. The highest BCUT2D eigenvalue weighted by molar-refractivity contribution is 6.76. The van der Waals surface area contributed by atoms with Gasteiger partial charge in [0.2, 0.25) is 0 Å². The second-order valence-corrected chi connectivity index (χ2v) is 17.5. The lowest BCUT2D eigenvalue weighted by molar-refractivity contribution is 0.0818. The average Bonchev–Trinajstić information content (AvgIpc) is 3.58. The largest absolute Gasteiger partial charge is 0.486 e. The second kappa shape index (κ2) is 12.7. The van der Waals surface area contributed by atoms with E-state index in [-0.39, 0.29) is 29.6 Å². The van der Waals surface area contributed by atoms with Crippen molar-refractivity contribution in [2.45, 2.75) is 70.7 Å². The van der Waals surface area contributed by atoms with Gasteiger partial charge in [-0.05, 0) is 37.6 Å². The highest BCUT2D eigenvalue weighted by Crippen LogP contribution is 2.28.